The van der Waals surface area contributed by atoms with Gasteiger partial charge >= 0.3 is 1.43 Å². The first-order valence-corrected chi connectivity index (χ1v) is 8.80. The predicted octanol–water partition coefficient (Wildman–Crippen LogP) is 0.0256. The number of aromatic nitrogens is 1. The minimum Gasteiger partial charge on any atom is -1.00 e. The zero-order valence-corrected chi connectivity index (χ0v) is 15.9. The van der Waals surface area contributed by atoms with Crippen molar-refractivity contribution in [1.82, 2.24) is 10.3 Å². The van der Waals surface area contributed by atoms with Gasteiger partial charge in [-0.2, -0.15) is 0 Å². The SMILES string of the molecule is NCCC[C@H](N)CNC(=O)c1[nH]c2cc(-c3ccc(F)cc3)ccc2c1F.[Cl-].[H+]. The molecule has 0 bridgehead atoms. The number of carbonyl (C=O) groups is 1. The van der Waals surface area contributed by atoms with Gasteiger partial charge in [0.05, 0.1) is 0 Å². The summed E-state index contributed by atoms with van der Waals surface area (Å²) in [5, 5.41) is 2.96. The molecule has 0 aliphatic heterocycles. The molecule has 3 aromatic rings. The van der Waals surface area contributed by atoms with Gasteiger partial charge in [0.15, 0.2) is 5.82 Å². The number of halogens is 3. The molecule has 2 aromatic carbocycles. The third kappa shape index (κ3) is 4.86. The molecule has 0 spiro atoms. The molecule has 6 N–H and O–H groups in total. The highest BCUT2D eigenvalue weighted by molar-refractivity contribution is 5.99. The molecule has 0 saturated carbocycles. The zero-order chi connectivity index (χ0) is 19.4. The van der Waals surface area contributed by atoms with Crippen LogP contribution < -0.4 is 29.2 Å². The third-order valence-electron chi connectivity index (χ3n) is 4.44. The average Bonchev–Trinajstić information content (AvgIpc) is 3.01. The van der Waals surface area contributed by atoms with E-state index in [4.69, 9.17) is 11.5 Å². The van der Waals surface area contributed by atoms with Gasteiger partial charge in [-0.1, -0.05) is 18.2 Å². The van der Waals surface area contributed by atoms with Crippen molar-refractivity contribution in [2.75, 3.05) is 13.1 Å². The summed E-state index contributed by atoms with van der Waals surface area (Å²) in [7, 11) is 0. The van der Waals surface area contributed by atoms with Crippen LogP contribution in [0.1, 0.15) is 24.8 Å². The van der Waals surface area contributed by atoms with E-state index in [0.717, 1.165) is 17.5 Å². The first-order valence-electron chi connectivity index (χ1n) is 8.80. The molecule has 150 valence electrons. The second kappa shape index (κ2) is 9.64. The molecule has 8 heteroatoms. The van der Waals surface area contributed by atoms with Crippen LogP contribution in [0.5, 0.6) is 0 Å². The summed E-state index contributed by atoms with van der Waals surface area (Å²) in [5.74, 6) is -1.48. The molecule has 0 unspecified atom stereocenters. The highest BCUT2D eigenvalue weighted by Crippen LogP contribution is 2.27. The predicted molar refractivity (Wildman–Crippen MR) is 103 cm³/mol. The fourth-order valence-electron chi connectivity index (χ4n) is 2.94. The topological polar surface area (TPSA) is 96.9 Å². The lowest BCUT2D eigenvalue weighted by atomic mass is 10.0. The highest BCUT2D eigenvalue weighted by atomic mass is 35.5. The van der Waals surface area contributed by atoms with Crippen molar-refractivity contribution in [3.8, 4) is 11.1 Å². The van der Waals surface area contributed by atoms with Crippen LogP contribution in [0.3, 0.4) is 0 Å². The van der Waals surface area contributed by atoms with E-state index in [-0.39, 0.29) is 37.9 Å². The summed E-state index contributed by atoms with van der Waals surface area (Å²) in [5.41, 5.74) is 13.3. The Morgan fingerprint density at radius 1 is 1.14 bits per heavy atom. The largest absolute Gasteiger partial charge is 1.00 e. The Labute approximate surface area is 169 Å². The van der Waals surface area contributed by atoms with Crippen molar-refractivity contribution in [2.24, 2.45) is 11.5 Å². The summed E-state index contributed by atoms with van der Waals surface area (Å²) >= 11 is 0. The molecular weight excluding hydrogens is 386 g/mol. The molecule has 1 amide bonds. The fraction of sp³-hybridized carbons (Fsp3) is 0.250. The first kappa shape index (κ1) is 21.8. The van der Waals surface area contributed by atoms with E-state index >= 15 is 0 Å². The number of aromatic amines is 1. The van der Waals surface area contributed by atoms with Crippen LogP contribution >= 0.6 is 0 Å². The van der Waals surface area contributed by atoms with Gasteiger partial charge in [-0.05, 0) is 54.8 Å². The summed E-state index contributed by atoms with van der Waals surface area (Å²) in [6.07, 6.45) is 1.46. The molecule has 0 saturated heterocycles. The molecule has 28 heavy (non-hydrogen) atoms. The maximum absolute atomic E-state index is 14.6. The Balaban J connectivity index is 0.00000210. The lowest BCUT2D eigenvalue weighted by molar-refractivity contribution is -0.0000152. The van der Waals surface area contributed by atoms with Crippen LogP contribution in [0.4, 0.5) is 8.78 Å². The van der Waals surface area contributed by atoms with Crippen LogP contribution in [-0.2, 0) is 0 Å². The number of rotatable bonds is 7. The van der Waals surface area contributed by atoms with E-state index in [1.165, 1.54) is 12.1 Å². The van der Waals surface area contributed by atoms with Crippen molar-refractivity contribution in [2.45, 2.75) is 18.9 Å². The van der Waals surface area contributed by atoms with E-state index in [1.54, 1.807) is 30.3 Å². The molecule has 1 heterocycles. The van der Waals surface area contributed by atoms with Gasteiger partial charge in [0, 0.05) is 23.5 Å². The van der Waals surface area contributed by atoms with Gasteiger partial charge in [0.1, 0.15) is 11.5 Å². The molecule has 1 atom stereocenters. The lowest BCUT2D eigenvalue weighted by Crippen LogP contribution is -3.00. The third-order valence-corrected chi connectivity index (χ3v) is 4.44. The Kier molecular flexibility index (Phi) is 7.51. The number of amides is 1. The van der Waals surface area contributed by atoms with Crippen LogP contribution in [0.15, 0.2) is 42.5 Å². The van der Waals surface area contributed by atoms with E-state index in [2.05, 4.69) is 10.3 Å². The average molecular weight is 409 g/mol. The number of hydrogen-bond donors (Lipinski definition) is 4. The summed E-state index contributed by atoms with van der Waals surface area (Å²) in [4.78, 5) is 15.1. The van der Waals surface area contributed by atoms with Gasteiger partial charge in [-0.3, -0.25) is 4.79 Å². The molecule has 0 radical (unpaired) electrons. The number of nitrogens with one attached hydrogen (secondary N) is 2. The molecule has 0 aliphatic rings. The van der Waals surface area contributed by atoms with E-state index in [0.29, 0.717) is 23.9 Å². The van der Waals surface area contributed by atoms with Gasteiger partial charge in [-0.15, -0.1) is 0 Å². The smallest absolute Gasteiger partial charge is 1.00 e. The summed E-state index contributed by atoms with van der Waals surface area (Å²) in [6.45, 7) is 0.781. The highest BCUT2D eigenvalue weighted by Gasteiger charge is 2.18. The normalized spacial score (nSPS) is 11.9. The second-order valence-electron chi connectivity index (χ2n) is 6.48. The second-order valence-corrected chi connectivity index (χ2v) is 6.48. The van der Waals surface area contributed by atoms with E-state index < -0.39 is 11.7 Å². The maximum atomic E-state index is 14.6. The zero-order valence-electron chi connectivity index (χ0n) is 16.1. The standard InChI is InChI=1S/C20H22F2N4O.ClH/c21-14-6-3-12(4-7-14)13-5-8-16-17(10-13)26-19(18(16)22)20(27)25-11-15(24)2-1-9-23;/h3-8,10,15,26H,1-2,9,11,23-24H2,(H,25,27);1H/t15-;/m0./s1. The van der Waals surface area contributed by atoms with Crippen LogP contribution in [0.2, 0.25) is 0 Å². The van der Waals surface area contributed by atoms with Gasteiger partial charge < -0.3 is 34.2 Å². The van der Waals surface area contributed by atoms with Crippen molar-refractivity contribution in [3.63, 3.8) is 0 Å². The fourth-order valence-corrected chi connectivity index (χ4v) is 2.94. The molecule has 5 nitrogen and oxygen atoms in total. The van der Waals surface area contributed by atoms with Gasteiger partial charge in [0.2, 0.25) is 0 Å². The number of carbonyl (C=O) groups excluding carboxylic acids is 1. The quantitative estimate of drug-likeness (QED) is 0.444. The first-order chi connectivity index (χ1) is 13.0. The van der Waals surface area contributed by atoms with Crippen molar-refractivity contribution in [1.29, 1.82) is 0 Å². The van der Waals surface area contributed by atoms with E-state index in [9.17, 15) is 13.6 Å². The Hall–Kier alpha value is -2.48. The molecular formula is C20H23ClF2N4O. The van der Waals surface area contributed by atoms with Crippen molar-refractivity contribution in [3.05, 3.63) is 59.8 Å². The molecule has 3 rings (SSSR count). The Bertz CT molecular complexity index is 950. The summed E-state index contributed by atoms with van der Waals surface area (Å²) < 4.78 is 27.7. The van der Waals surface area contributed by atoms with Crippen molar-refractivity contribution < 1.29 is 27.4 Å². The summed E-state index contributed by atoms with van der Waals surface area (Å²) in [6, 6.07) is 10.9. The van der Waals surface area contributed by atoms with E-state index in [1.807, 2.05) is 0 Å². The molecule has 0 aliphatic carbocycles. The Morgan fingerprint density at radius 2 is 1.82 bits per heavy atom. The van der Waals surface area contributed by atoms with Crippen molar-refractivity contribution >= 4 is 16.8 Å². The maximum Gasteiger partial charge on any atom is 1.00 e. The van der Waals surface area contributed by atoms with Crippen LogP contribution in [0.25, 0.3) is 22.0 Å². The number of H-pyrrole nitrogens is 1. The number of benzene rings is 2. The Morgan fingerprint density at radius 3 is 2.50 bits per heavy atom. The number of nitrogens with two attached hydrogens (primary N) is 2. The molecule has 0 fully saturated rings. The minimum absolute atomic E-state index is 0. The molecule has 1 aromatic heterocycles. The van der Waals surface area contributed by atoms with Crippen LogP contribution in [0, 0.1) is 11.6 Å². The van der Waals surface area contributed by atoms with Gasteiger partial charge in [0.25, 0.3) is 5.91 Å². The lowest BCUT2D eigenvalue weighted by Gasteiger charge is -2.11. The number of hydrogen-bond acceptors (Lipinski definition) is 3. The van der Waals surface area contributed by atoms with Crippen LogP contribution in [-0.4, -0.2) is 30.0 Å². The minimum atomic E-state index is -0.608. The monoisotopic (exact) mass is 408 g/mol. The number of fused-ring (bicyclic) bond motifs is 1. The van der Waals surface area contributed by atoms with Gasteiger partial charge in [-0.25, -0.2) is 8.78 Å².